The molecule has 0 saturated heterocycles. The minimum Gasteiger partial charge on any atom is -0.320 e. The number of thiophene rings is 1. The van der Waals surface area contributed by atoms with Crippen molar-refractivity contribution in [3.8, 4) is 10.6 Å². The van der Waals surface area contributed by atoms with Crippen LogP contribution >= 0.6 is 22.7 Å². The minimum absolute atomic E-state index is 0.144. The summed E-state index contributed by atoms with van der Waals surface area (Å²) in [6, 6.07) is 5.60. The Kier molecular flexibility index (Phi) is 3.58. The Balaban J connectivity index is 1.85. The number of hydrogen-bond donors (Lipinski definition) is 1. The number of pyridine rings is 1. The van der Waals surface area contributed by atoms with Gasteiger partial charge in [0.05, 0.1) is 17.6 Å². The van der Waals surface area contributed by atoms with Gasteiger partial charge in [-0.1, -0.05) is 0 Å². The average molecular weight is 301 g/mol. The number of hydrogen-bond acceptors (Lipinski definition) is 5. The number of rotatable bonds is 3. The lowest BCUT2D eigenvalue weighted by Crippen LogP contribution is -2.11. The Morgan fingerprint density at radius 3 is 2.95 bits per heavy atom. The predicted octanol–water partition coefficient (Wildman–Crippen LogP) is 3.83. The van der Waals surface area contributed by atoms with E-state index in [1.807, 2.05) is 23.8 Å². The van der Waals surface area contributed by atoms with Crippen LogP contribution in [0.4, 0.5) is 5.69 Å². The van der Waals surface area contributed by atoms with E-state index in [4.69, 9.17) is 0 Å². The Labute approximate surface area is 124 Å². The van der Waals surface area contributed by atoms with Gasteiger partial charge in [0.25, 0.3) is 5.91 Å². The normalized spacial score (nSPS) is 10.4. The fourth-order valence-electron chi connectivity index (χ4n) is 1.74. The number of aryl methyl sites for hydroxylation is 1. The summed E-state index contributed by atoms with van der Waals surface area (Å²) in [5.74, 6) is -0.144. The number of amides is 1. The molecule has 0 spiro atoms. The van der Waals surface area contributed by atoms with Crippen molar-refractivity contribution in [2.45, 2.75) is 6.92 Å². The summed E-state index contributed by atoms with van der Waals surface area (Å²) in [6.07, 6.45) is 3.29. The summed E-state index contributed by atoms with van der Waals surface area (Å²) in [5, 5.41) is 7.73. The van der Waals surface area contributed by atoms with Crippen LogP contribution in [-0.4, -0.2) is 15.9 Å². The first-order chi connectivity index (χ1) is 9.74. The zero-order valence-corrected chi connectivity index (χ0v) is 12.3. The molecule has 3 rings (SSSR count). The molecule has 100 valence electrons. The van der Waals surface area contributed by atoms with E-state index in [2.05, 4.69) is 15.3 Å². The van der Waals surface area contributed by atoms with Crippen LogP contribution in [-0.2, 0) is 0 Å². The van der Waals surface area contributed by atoms with E-state index < -0.39 is 0 Å². The van der Waals surface area contributed by atoms with Crippen molar-refractivity contribution in [2.75, 3.05) is 5.32 Å². The molecular weight excluding hydrogens is 290 g/mol. The SMILES string of the molecule is Cc1nc(-c2ccsc2)sc1C(=O)Nc1cccnc1. The summed E-state index contributed by atoms with van der Waals surface area (Å²) >= 11 is 3.03. The lowest BCUT2D eigenvalue weighted by atomic mass is 10.3. The first-order valence-electron chi connectivity index (χ1n) is 5.95. The number of thiazole rings is 1. The van der Waals surface area contributed by atoms with Gasteiger partial charge < -0.3 is 5.32 Å². The first kappa shape index (κ1) is 13.0. The summed E-state index contributed by atoms with van der Waals surface area (Å²) in [5.41, 5.74) is 2.49. The summed E-state index contributed by atoms with van der Waals surface area (Å²) in [4.78, 5) is 21.3. The van der Waals surface area contributed by atoms with Gasteiger partial charge in [-0.05, 0) is 30.5 Å². The van der Waals surface area contributed by atoms with Gasteiger partial charge in [0.15, 0.2) is 0 Å². The molecule has 0 bridgehead atoms. The monoisotopic (exact) mass is 301 g/mol. The van der Waals surface area contributed by atoms with E-state index in [0.717, 1.165) is 16.3 Å². The molecule has 1 N–H and O–H groups in total. The lowest BCUT2D eigenvalue weighted by Gasteiger charge is -2.02. The Hall–Kier alpha value is -2.05. The van der Waals surface area contributed by atoms with Crippen LogP contribution in [0.5, 0.6) is 0 Å². The van der Waals surface area contributed by atoms with Crippen LogP contribution in [0.25, 0.3) is 10.6 Å². The smallest absolute Gasteiger partial charge is 0.267 e. The Morgan fingerprint density at radius 2 is 2.25 bits per heavy atom. The van der Waals surface area contributed by atoms with E-state index in [0.29, 0.717) is 10.6 Å². The molecule has 20 heavy (non-hydrogen) atoms. The number of anilines is 1. The van der Waals surface area contributed by atoms with Gasteiger partial charge in [0.1, 0.15) is 9.88 Å². The zero-order valence-electron chi connectivity index (χ0n) is 10.7. The molecule has 4 nitrogen and oxygen atoms in total. The van der Waals surface area contributed by atoms with E-state index in [9.17, 15) is 4.79 Å². The van der Waals surface area contributed by atoms with Crippen LogP contribution in [0.1, 0.15) is 15.4 Å². The molecule has 0 atom stereocenters. The maximum absolute atomic E-state index is 12.3. The highest BCUT2D eigenvalue weighted by Crippen LogP contribution is 2.29. The number of carbonyl (C=O) groups is 1. The maximum atomic E-state index is 12.3. The minimum atomic E-state index is -0.144. The van der Waals surface area contributed by atoms with Crippen molar-refractivity contribution in [1.29, 1.82) is 0 Å². The van der Waals surface area contributed by atoms with Gasteiger partial charge in [0.2, 0.25) is 0 Å². The highest BCUT2D eigenvalue weighted by molar-refractivity contribution is 7.17. The topological polar surface area (TPSA) is 54.9 Å². The van der Waals surface area contributed by atoms with E-state index in [1.54, 1.807) is 35.9 Å². The van der Waals surface area contributed by atoms with Crippen molar-refractivity contribution in [3.05, 3.63) is 51.9 Å². The second-order valence-corrected chi connectivity index (χ2v) is 5.92. The summed E-state index contributed by atoms with van der Waals surface area (Å²) in [7, 11) is 0. The molecule has 0 radical (unpaired) electrons. The fourth-order valence-corrected chi connectivity index (χ4v) is 3.41. The van der Waals surface area contributed by atoms with Crippen molar-refractivity contribution in [1.82, 2.24) is 9.97 Å². The van der Waals surface area contributed by atoms with Crippen LogP contribution < -0.4 is 5.32 Å². The number of nitrogens with zero attached hydrogens (tertiary/aromatic N) is 2. The lowest BCUT2D eigenvalue weighted by molar-refractivity contribution is 0.103. The molecule has 0 unspecified atom stereocenters. The number of aromatic nitrogens is 2. The highest BCUT2D eigenvalue weighted by Gasteiger charge is 2.16. The fraction of sp³-hybridized carbons (Fsp3) is 0.0714. The van der Waals surface area contributed by atoms with Gasteiger partial charge >= 0.3 is 0 Å². The van der Waals surface area contributed by atoms with Crippen molar-refractivity contribution in [3.63, 3.8) is 0 Å². The molecule has 0 aromatic carbocycles. The molecular formula is C14H11N3OS2. The van der Waals surface area contributed by atoms with E-state index >= 15 is 0 Å². The molecule has 0 aliphatic rings. The van der Waals surface area contributed by atoms with Crippen molar-refractivity contribution in [2.24, 2.45) is 0 Å². The van der Waals surface area contributed by atoms with Crippen LogP contribution in [0.3, 0.4) is 0 Å². The third-order valence-electron chi connectivity index (χ3n) is 2.69. The Bertz CT molecular complexity index is 720. The van der Waals surface area contributed by atoms with Gasteiger partial charge in [-0.15, -0.1) is 11.3 Å². The zero-order chi connectivity index (χ0) is 13.9. The van der Waals surface area contributed by atoms with Gasteiger partial charge in [-0.25, -0.2) is 4.98 Å². The first-order valence-corrected chi connectivity index (χ1v) is 7.71. The van der Waals surface area contributed by atoms with Crippen molar-refractivity contribution < 1.29 is 4.79 Å². The van der Waals surface area contributed by atoms with Gasteiger partial charge in [-0.2, -0.15) is 11.3 Å². The van der Waals surface area contributed by atoms with Crippen LogP contribution in [0, 0.1) is 6.92 Å². The third-order valence-corrected chi connectivity index (χ3v) is 4.58. The van der Waals surface area contributed by atoms with Crippen LogP contribution in [0.2, 0.25) is 0 Å². The van der Waals surface area contributed by atoms with Gasteiger partial charge in [0, 0.05) is 17.1 Å². The molecule has 6 heteroatoms. The second-order valence-electron chi connectivity index (χ2n) is 4.14. The highest BCUT2D eigenvalue weighted by atomic mass is 32.1. The maximum Gasteiger partial charge on any atom is 0.267 e. The largest absolute Gasteiger partial charge is 0.320 e. The third kappa shape index (κ3) is 2.61. The number of nitrogens with one attached hydrogen (secondary N) is 1. The van der Waals surface area contributed by atoms with Crippen molar-refractivity contribution >= 4 is 34.3 Å². The second kappa shape index (κ2) is 5.52. The standard InChI is InChI=1S/C14H11N3OS2/c1-9-12(13(18)17-11-3-2-5-15-7-11)20-14(16-9)10-4-6-19-8-10/h2-8H,1H3,(H,17,18). The molecule has 1 amide bonds. The molecule has 3 aromatic heterocycles. The molecule has 0 aliphatic carbocycles. The molecule has 0 fully saturated rings. The van der Waals surface area contributed by atoms with E-state index in [-0.39, 0.29) is 5.91 Å². The average Bonchev–Trinajstić information content (AvgIpc) is 3.08. The van der Waals surface area contributed by atoms with Crippen LogP contribution in [0.15, 0.2) is 41.4 Å². The Morgan fingerprint density at radius 1 is 1.35 bits per heavy atom. The summed E-state index contributed by atoms with van der Waals surface area (Å²) in [6.45, 7) is 1.85. The quantitative estimate of drug-likeness (QED) is 0.800. The molecule has 0 aliphatic heterocycles. The van der Waals surface area contributed by atoms with E-state index in [1.165, 1.54) is 11.3 Å². The molecule has 3 aromatic rings. The summed E-state index contributed by atoms with van der Waals surface area (Å²) < 4.78 is 0. The number of carbonyl (C=O) groups excluding carboxylic acids is 1. The molecule has 3 heterocycles. The van der Waals surface area contributed by atoms with Gasteiger partial charge in [-0.3, -0.25) is 9.78 Å². The molecule has 0 saturated carbocycles. The predicted molar refractivity (Wildman–Crippen MR) is 82.4 cm³/mol.